The van der Waals surface area contributed by atoms with E-state index in [1.807, 2.05) is 0 Å². The van der Waals surface area contributed by atoms with Crippen molar-refractivity contribution in [3.05, 3.63) is 35.6 Å². The van der Waals surface area contributed by atoms with Crippen molar-refractivity contribution >= 4 is 18.0 Å². The molecule has 2 bridgehead atoms. The van der Waals surface area contributed by atoms with Gasteiger partial charge in [-0.25, -0.2) is 14.0 Å². The Morgan fingerprint density at radius 3 is 2.41 bits per heavy atom. The molecule has 0 radical (unpaired) electrons. The smallest absolute Gasteiger partial charge is 0.408 e. The van der Waals surface area contributed by atoms with Crippen LogP contribution in [0, 0.1) is 11.7 Å². The normalized spacial score (nSPS) is 24.2. The van der Waals surface area contributed by atoms with Crippen LogP contribution in [0.5, 0.6) is 0 Å². The number of esters is 1. The molecule has 8 heteroatoms. The van der Waals surface area contributed by atoms with E-state index in [0.29, 0.717) is 5.56 Å². The lowest BCUT2D eigenvalue weighted by Gasteiger charge is -2.36. The zero-order valence-electron chi connectivity index (χ0n) is 17.1. The molecule has 0 unspecified atom stereocenters. The number of halogens is 1. The zero-order chi connectivity index (χ0) is 21.3. The van der Waals surface area contributed by atoms with Gasteiger partial charge in [-0.2, -0.15) is 0 Å². The van der Waals surface area contributed by atoms with E-state index in [9.17, 15) is 18.8 Å². The largest absolute Gasteiger partial charge is 0.467 e. The Bertz CT molecular complexity index is 789. The van der Waals surface area contributed by atoms with Crippen LogP contribution in [-0.2, 0) is 19.1 Å². The summed E-state index contributed by atoms with van der Waals surface area (Å²) in [5.74, 6) is -1.29. The maximum absolute atomic E-state index is 13.5. The van der Waals surface area contributed by atoms with Crippen LogP contribution in [0.25, 0.3) is 0 Å². The standard InChI is InChI=1S/C21H27FN2O5/c1-21(2,3)29-20(27)23-16(12-5-8-14(22)9-6-12)18(25)24-15-10-7-13(11-15)17(24)19(26)28-4/h5-6,8-9,13,15-17H,7,10-11H2,1-4H3,(H,23,27)/t13-,15+,16-,17-/m0/s1. The van der Waals surface area contributed by atoms with Crippen LogP contribution in [-0.4, -0.2) is 47.7 Å². The van der Waals surface area contributed by atoms with Crippen molar-refractivity contribution in [1.29, 1.82) is 0 Å². The number of carbonyl (C=O) groups is 3. The number of likely N-dealkylation sites (tertiary alicyclic amines) is 1. The Labute approximate surface area is 169 Å². The van der Waals surface area contributed by atoms with Crippen LogP contribution in [0.4, 0.5) is 9.18 Å². The second-order valence-electron chi connectivity index (χ2n) is 8.57. The minimum atomic E-state index is -1.10. The minimum absolute atomic E-state index is 0.0480. The van der Waals surface area contributed by atoms with E-state index in [2.05, 4.69) is 5.32 Å². The first-order chi connectivity index (χ1) is 13.6. The van der Waals surface area contributed by atoms with Crippen molar-refractivity contribution < 1.29 is 28.2 Å². The van der Waals surface area contributed by atoms with Crippen LogP contribution in [0.1, 0.15) is 51.6 Å². The van der Waals surface area contributed by atoms with Gasteiger partial charge < -0.3 is 19.7 Å². The second kappa shape index (κ2) is 8.00. The number of hydrogen-bond donors (Lipinski definition) is 1. The summed E-state index contributed by atoms with van der Waals surface area (Å²) >= 11 is 0. The topological polar surface area (TPSA) is 84.9 Å². The molecule has 1 saturated heterocycles. The van der Waals surface area contributed by atoms with Gasteiger partial charge in [-0.15, -0.1) is 0 Å². The number of nitrogens with one attached hydrogen (secondary N) is 1. The Balaban J connectivity index is 1.90. The molecule has 1 aromatic carbocycles. The van der Waals surface area contributed by atoms with Crippen LogP contribution in [0.15, 0.2) is 24.3 Å². The third-order valence-electron chi connectivity index (χ3n) is 5.39. The van der Waals surface area contributed by atoms with Gasteiger partial charge in [0.05, 0.1) is 7.11 Å². The fraction of sp³-hybridized carbons (Fsp3) is 0.571. The molecule has 2 aliphatic rings. The number of benzene rings is 1. The number of nitrogens with zero attached hydrogens (tertiary/aromatic N) is 1. The van der Waals surface area contributed by atoms with Crippen molar-refractivity contribution in [2.24, 2.45) is 5.92 Å². The van der Waals surface area contributed by atoms with Gasteiger partial charge >= 0.3 is 12.1 Å². The third-order valence-corrected chi connectivity index (χ3v) is 5.39. The lowest BCUT2D eigenvalue weighted by Crippen LogP contribution is -2.53. The van der Waals surface area contributed by atoms with Crippen LogP contribution >= 0.6 is 0 Å². The number of fused-ring (bicyclic) bond motifs is 2. The van der Waals surface area contributed by atoms with Crippen LogP contribution in [0.3, 0.4) is 0 Å². The predicted octanol–water partition coefficient (Wildman–Crippen LogP) is 2.94. The summed E-state index contributed by atoms with van der Waals surface area (Å²) in [6, 6.07) is 3.47. The average Bonchev–Trinajstić information content (AvgIpc) is 3.26. The van der Waals surface area contributed by atoms with Crippen LogP contribution < -0.4 is 5.32 Å². The van der Waals surface area contributed by atoms with E-state index in [0.717, 1.165) is 19.3 Å². The lowest BCUT2D eigenvalue weighted by molar-refractivity contribution is -0.156. The zero-order valence-corrected chi connectivity index (χ0v) is 17.1. The highest BCUT2D eigenvalue weighted by molar-refractivity contribution is 5.91. The molecule has 2 amide bonds. The van der Waals surface area contributed by atoms with Gasteiger partial charge in [0.15, 0.2) is 0 Å². The molecule has 4 atom stereocenters. The highest BCUT2D eigenvalue weighted by atomic mass is 19.1. The molecule has 1 heterocycles. The first-order valence-electron chi connectivity index (χ1n) is 9.75. The number of rotatable bonds is 4. The summed E-state index contributed by atoms with van der Waals surface area (Å²) in [4.78, 5) is 39.8. The first-order valence-corrected chi connectivity index (χ1v) is 9.75. The predicted molar refractivity (Wildman–Crippen MR) is 102 cm³/mol. The number of piperidine rings is 1. The number of ether oxygens (including phenoxy) is 2. The molecular formula is C21H27FN2O5. The number of methoxy groups -OCH3 is 1. The van der Waals surface area contributed by atoms with Gasteiger partial charge in [0.25, 0.3) is 5.91 Å². The molecule has 29 heavy (non-hydrogen) atoms. The second-order valence-corrected chi connectivity index (χ2v) is 8.57. The molecule has 1 aliphatic carbocycles. The van der Waals surface area contributed by atoms with Crippen LogP contribution in [0.2, 0.25) is 0 Å². The van der Waals surface area contributed by atoms with E-state index in [1.54, 1.807) is 20.8 Å². The molecule has 1 aliphatic heterocycles. The van der Waals surface area contributed by atoms with Crippen molar-refractivity contribution in [2.75, 3.05) is 7.11 Å². The van der Waals surface area contributed by atoms with Crippen molar-refractivity contribution in [2.45, 2.75) is 63.8 Å². The maximum atomic E-state index is 13.5. The van der Waals surface area contributed by atoms with Gasteiger partial charge in [-0.3, -0.25) is 4.79 Å². The maximum Gasteiger partial charge on any atom is 0.408 e. The molecule has 158 valence electrons. The summed E-state index contributed by atoms with van der Waals surface area (Å²) in [6.07, 6.45) is 1.62. The third kappa shape index (κ3) is 4.52. The van der Waals surface area contributed by atoms with Gasteiger partial charge in [-0.1, -0.05) is 12.1 Å². The van der Waals surface area contributed by atoms with E-state index >= 15 is 0 Å². The van der Waals surface area contributed by atoms with Crippen molar-refractivity contribution in [3.8, 4) is 0 Å². The minimum Gasteiger partial charge on any atom is -0.467 e. The molecule has 1 aromatic rings. The quantitative estimate of drug-likeness (QED) is 0.777. The van der Waals surface area contributed by atoms with Crippen molar-refractivity contribution in [1.82, 2.24) is 10.2 Å². The molecule has 3 rings (SSSR count). The molecule has 2 fully saturated rings. The fourth-order valence-electron chi connectivity index (χ4n) is 4.25. The van der Waals surface area contributed by atoms with E-state index in [4.69, 9.17) is 9.47 Å². The Morgan fingerprint density at radius 2 is 1.83 bits per heavy atom. The number of hydrogen-bond acceptors (Lipinski definition) is 5. The van der Waals surface area contributed by atoms with Gasteiger partial charge in [0, 0.05) is 6.04 Å². The van der Waals surface area contributed by atoms with Gasteiger partial charge in [0.1, 0.15) is 23.5 Å². The van der Waals surface area contributed by atoms with E-state index in [-0.39, 0.29) is 12.0 Å². The number of alkyl carbamates (subject to hydrolysis) is 1. The SMILES string of the molecule is COC(=O)[C@@H]1[C@H]2CC[C@H](C2)N1C(=O)[C@@H](NC(=O)OC(C)(C)C)c1ccc(F)cc1. The summed E-state index contributed by atoms with van der Waals surface area (Å²) in [6.45, 7) is 5.15. The summed E-state index contributed by atoms with van der Waals surface area (Å²) < 4.78 is 23.6. The lowest BCUT2D eigenvalue weighted by atomic mass is 9.97. The Kier molecular flexibility index (Phi) is 5.82. The van der Waals surface area contributed by atoms with E-state index < -0.39 is 41.5 Å². The van der Waals surface area contributed by atoms with Gasteiger partial charge in [-0.05, 0) is 63.6 Å². The highest BCUT2D eigenvalue weighted by Gasteiger charge is 2.53. The molecule has 0 spiro atoms. The Hall–Kier alpha value is -2.64. The monoisotopic (exact) mass is 406 g/mol. The molecule has 7 nitrogen and oxygen atoms in total. The summed E-state index contributed by atoms with van der Waals surface area (Å²) in [5, 5.41) is 2.60. The Morgan fingerprint density at radius 1 is 1.17 bits per heavy atom. The molecule has 1 N–H and O–H groups in total. The highest BCUT2D eigenvalue weighted by Crippen LogP contribution is 2.44. The molecule has 0 aromatic heterocycles. The average molecular weight is 406 g/mol. The summed E-state index contributed by atoms with van der Waals surface area (Å²) in [7, 11) is 1.30. The number of carbonyl (C=O) groups excluding carboxylic acids is 3. The molecule has 1 saturated carbocycles. The summed E-state index contributed by atoms with van der Waals surface area (Å²) in [5.41, 5.74) is -0.337. The number of amides is 2. The van der Waals surface area contributed by atoms with Crippen molar-refractivity contribution in [3.63, 3.8) is 0 Å². The van der Waals surface area contributed by atoms with Gasteiger partial charge in [0.2, 0.25) is 0 Å². The fourth-order valence-corrected chi connectivity index (χ4v) is 4.25. The van der Waals surface area contributed by atoms with E-state index in [1.165, 1.54) is 36.3 Å². The molecular weight excluding hydrogens is 379 g/mol. The first kappa shape index (κ1) is 21.1.